The maximum absolute atomic E-state index is 11.1. The van der Waals surface area contributed by atoms with Gasteiger partial charge in [-0.1, -0.05) is 12.8 Å². The first-order chi connectivity index (χ1) is 7.79. The molecule has 0 radical (unpaired) electrons. The van der Waals surface area contributed by atoms with Gasteiger partial charge in [-0.2, -0.15) is 0 Å². The number of nitrogens with zero attached hydrogens (tertiary/aromatic N) is 2. The number of hydrogen-bond donors (Lipinski definition) is 1. The molecule has 86 valence electrons. The zero-order valence-electron chi connectivity index (χ0n) is 9.22. The number of carboxylic acids is 1. The molecule has 0 amide bonds. The van der Waals surface area contributed by atoms with Crippen molar-refractivity contribution in [2.75, 3.05) is 18.0 Å². The van der Waals surface area contributed by atoms with Crippen molar-refractivity contribution in [3.05, 3.63) is 24.0 Å². The van der Waals surface area contributed by atoms with E-state index in [1.54, 1.807) is 12.3 Å². The van der Waals surface area contributed by atoms with Gasteiger partial charge in [0.1, 0.15) is 0 Å². The maximum Gasteiger partial charge on any atom is 0.337 e. The second kappa shape index (κ2) is 4.96. The summed E-state index contributed by atoms with van der Waals surface area (Å²) in [6.07, 6.45) is 7.93. The van der Waals surface area contributed by atoms with Crippen LogP contribution in [0.15, 0.2) is 18.5 Å². The van der Waals surface area contributed by atoms with E-state index in [4.69, 9.17) is 5.11 Å². The lowest BCUT2D eigenvalue weighted by Crippen LogP contribution is -2.26. The molecule has 1 aromatic heterocycles. The molecule has 16 heavy (non-hydrogen) atoms. The third kappa shape index (κ3) is 2.32. The minimum absolute atomic E-state index is 0.358. The van der Waals surface area contributed by atoms with Gasteiger partial charge in [0, 0.05) is 19.3 Å². The van der Waals surface area contributed by atoms with Crippen LogP contribution in [0.1, 0.15) is 36.0 Å². The highest BCUT2D eigenvalue weighted by atomic mass is 16.4. The number of carboxylic acid groups (broad SMARTS) is 1. The Morgan fingerprint density at radius 3 is 2.56 bits per heavy atom. The van der Waals surface area contributed by atoms with Crippen molar-refractivity contribution in [1.29, 1.82) is 0 Å². The van der Waals surface area contributed by atoms with Crippen LogP contribution in [-0.4, -0.2) is 29.1 Å². The number of anilines is 1. The van der Waals surface area contributed by atoms with E-state index in [0.29, 0.717) is 5.56 Å². The first-order valence-electron chi connectivity index (χ1n) is 5.71. The molecule has 0 unspecified atom stereocenters. The summed E-state index contributed by atoms with van der Waals surface area (Å²) in [5.74, 6) is -0.873. The standard InChI is InChI=1S/C12H16N2O2/c15-12(16)10-5-6-13-9-11(10)14-7-3-1-2-4-8-14/h5-6,9H,1-4,7-8H2,(H,15,16). The fourth-order valence-corrected chi connectivity index (χ4v) is 2.13. The Morgan fingerprint density at radius 2 is 1.94 bits per heavy atom. The third-order valence-corrected chi connectivity index (χ3v) is 2.98. The van der Waals surface area contributed by atoms with Crippen LogP contribution in [0.3, 0.4) is 0 Å². The van der Waals surface area contributed by atoms with Crippen molar-refractivity contribution < 1.29 is 9.90 Å². The van der Waals surface area contributed by atoms with Gasteiger partial charge in [0.25, 0.3) is 0 Å². The van der Waals surface area contributed by atoms with Crippen LogP contribution >= 0.6 is 0 Å². The highest BCUT2D eigenvalue weighted by Crippen LogP contribution is 2.22. The van der Waals surface area contributed by atoms with Gasteiger partial charge < -0.3 is 10.0 Å². The molecule has 0 aromatic carbocycles. The zero-order chi connectivity index (χ0) is 11.4. The predicted molar refractivity (Wildman–Crippen MR) is 61.9 cm³/mol. The monoisotopic (exact) mass is 220 g/mol. The van der Waals surface area contributed by atoms with Gasteiger partial charge >= 0.3 is 5.97 Å². The summed E-state index contributed by atoms with van der Waals surface area (Å²) in [6, 6.07) is 1.57. The molecule has 0 saturated carbocycles. The Labute approximate surface area is 94.9 Å². The van der Waals surface area contributed by atoms with E-state index >= 15 is 0 Å². The summed E-state index contributed by atoms with van der Waals surface area (Å²) >= 11 is 0. The molecule has 0 spiro atoms. The largest absolute Gasteiger partial charge is 0.478 e. The van der Waals surface area contributed by atoms with Crippen LogP contribution in [-0.2, 0) is 0 Å². The number of carbonyl (C=O) groups is 1. The van der Waals surface area contributed by atoms with Gasteiger partial charge in [0.05, 0.1) is 17.4 Å². The summed E-state index contributed by atoms with van der Waals surface area (Å²) in [6.45, 7) is 1.87. The van der Waals surface area contributed by atoms with Crippen molar-refractivity contribution in [3.63, 3.8) is 0 Å². The van der Waals surface area contributed by atoms with Gasteiger partial charge in [-0.05, 0) is 18.9 Å². The number of rotatable bonds is 2. The van der Waals surface area contributed by atoms with E-state index in [9.17, 15) is 4.79 Å². The molecule has 1 fully saturated rings. The van der Waals surface area contributed by atoms with E-state index in [-0.39, 0.29) is 0 Å². The summed E-state index contributed by atoms with van der Waals surface area (Å²) in [5, 5.41) is 9.11. The highest BCUT2D eigenvalue weighted by molar-refractivity contribution is 5.94. The Kier molecular flexibility index (Phi) is 3.39. The van der Waals surface area contributed by atoms with Gasteiger partial charge in [-0.25, -0.2) is 4.79 Å². The average Bonchev–Trinajstić information content (AvgIpc) is 2.57. The molecule has 0 bridgehead atoms. The van der Waals surface area contributed by atoms with E-state index in [0.717, 1.165) is 31.6 Å². The quantitative estimate of drug-likeness (QED) is 0.829. The second-order valence-corrected chi connectivity index (χ2v) is 4.10. The van der Waals surface area contributed by atoms with E-state index < -0.39 is 5.97 Å². The molecule has 1 aromatic rings. The van der Waals surface area contributed by atoms with E-state index in [1.165, 1.54) is 19.0 Å². The summed E-state index contributed by atoms with van der Waals surface area (Å²) in [7, 11) is 0. The van der Waals surface area contributed by atoms with Crippen molar-refractivity contribution in [3.8, 4) is 0 Å². The maximum atomic E-state index is 11.1. The van der Waals surface area contributed by atoms with Gasteiger partial charge in [0.15, 0.2) is 0 Å². The molecule has 4 heteroatoms. The Hall–Kier alpha value is -1.58. The lowest BCUT2D eigenvalue weighted by atomic mass is 10.2. The summed E-state index contributed by atoms with van der Waals surface area (Å²) in [5.41, 5.74) is 1.12. The van der Waals surface area contributed by atoms with Crippen molar-refractivity contribution in [2.45, 2.75) is 25.7 Å². The minimum atomic E-state index is -0.873. The topological polar surface area (TPSA) is 53.4 Å². The van der Waals surface area contributed by atoms with Gasteiger partial charge in [-0.3, -0.25) is 4.98 Å². The van der Waals surface area contributed by atoms with Crippen LogP contribution in [0.5, 0.6) is 0 Å². The number of hydrogen-bond acceptors (Lipinski definition) is 3. The van der Waals surface area contributed by atoms with Crippen LogP contribution in [0.25, 0.3) is 0 Å². The SMILES string of the molecule is O=C(O)c1ccncc1N1CCCCCC1. The Balaban J connectivity index is 2.27. The van der Waals surface area contributed by atoms with Gasteiger partial charge in [0.2, 0.25) is 0 Å². The molecule has 0 atom stereocenters. The zero-order valence-corrected chi connectivity index (χ0v) is 9.22. The molecule has 0 aliphatic carbocycles. The minimum Gasteiger partial charge on any atom is -0.478 e. The fourth-order valence-electron chi connectivity index (χ4n) is 2.13. The molecule has 2 heterocycles. The predicted octanol–water partition coefficient (Wildman–Crippen LogP) is 2.16. The lowest BCUT2D eigenvalue weighted by molar-refractivity contribution is 0.0697. The van der Waals surface area contributed by atoms with Crippen LogP contribution in [0.2, 0.25) is 0 Å². The summed E-state index contributed by atoms with van der Waals surface area (Å²) in [4.78, 5) is 17.3. The number of aromatic carboxylic acids is 1. The van der Waals surface area contributed by atoms with E-state index in [1.807, 2.05) is 0 Å². The Bertz CT molecular complexity index is 371. The average molecular weight is 220 g/mol. The molecular weight excluding hydrogens is 204 g/mol. The molecule has 1 N–H and O–H groups in total. The first kappa shape index (κ1) is 10.9. The highest BCUT2D eigenvalue weighted by Gasteiger charge is 2.16. The molecule has 1 aliphatic heterocycles. The van der Waals surface area contributed by atoms with Crippen LogP contribution in [0.4, 0.5) is 5.69 Å². The lowest BCUT2D eigenvalue weighted by Gasteiger charge is -2.23. The molecule has 1 saturated heterocycles. The normalized spacial score (nSPS) is 16.9. The smallest absolute Gasteiger partial charge is 0.337 e. The van der Waals surface area contributed by atoms with Crippen molar-refractivity contribution in [1.82, 2.24) is 4.98 Å². The van der Waals surface area contributed by atoms with E-state index in [2.05, 4.69) is 9.88 Å². The van der Waals surface area contributed by atoms with Crippen LogP contribution in [0, 0.1) is 0 Å². The number of aromatic nitrogens is 1. The molecular formula is C12H16N2O2. The molecule has 1 aliphatic rings. The molecule has 4 nitrogen and oxygen atoms in total. The fraction of sp³-hybridized carbons (Fsp3) is 0.500. The third-order valence-electron chi connectivity index (χ3n) is 2.98. The first-order valence-corrected chi connectivity index (χ1v) is 5.71. The second-order valence-electron chi connectivity index (χ2n) is 4.10. The molecule has 2 rings (SSSR count). The van der Waals surface area contributed by atoms with Gasteiger partial charge in [-0.15, -0.1) is 0 Å². The van der Waals surface area contributed by atoms with Crippen LogP contribution < -0.4 is 4.90 Å². The Morgan fingerprint density at radius 1 is 1.25 bits per heavy atom. The number of pyridine rings is 1. The summed E-state index contributed by atoms with van der Waals surface area (Å²) < 4.78 is 0. The van der Waals surface area contributed by atoms with Crippen molar-refractivity contribution in [2.24, 2.45) is 0 Å². The van der Waals surface area contributed by atoms with Crippen molar-refractivity contribution >= 4 is 11.7 Å².